The summed E-state index contributed by atoms with van der Waals surface area (Å²) in [6, 6.07) is 6.93. The maximum atomic E-state index is 13.1. The van der Waals surface area contributed by atoms with Gasteiger partial charge in [-0.2, -0.15) is 5.26 Å². The van der Waals surface area contributed by atoms with E-state index in [4.69, 9.17) is 32.5 Å². The van der Waals surface area contributed by atoms with Gasteiger partial charge in [0.2, 0.25) is 0 Å². The first kappa shape index (κ1) is 21.8. The molecule has 2 heterocycles. The summed E-state index contributed by atoms with van der Waals surface area (Å²) in [5.41, 5.74) is 1.28. The Morgan fingerprint density at radius 1 is 1.30 bits per heavy atom. The topological polar surface area (TPSA) is 105 Å². The molecule has 1 aromatic carbocycles. The van der Waals surface area contributed by atoms with Gasteiger partial charge in [-0.1, -0.05) is 34.4 Å². The molecule has 0 atom stereocenters. The molecule has 1 amide bonds. The molecule has 0 unspecified atom stereocenters. The van der Waals surface area contributed by atoms with Crippen molar-refractivity contribution < 1.29 is 18.8 Å². The minimum atomic E-state index is -0.576. The largest absolute Gasteiger partial charge is 0.462 e. The second-order valence-corrected chi connectivity index (χ2v) is 7.94. The lowest BCUT2D eigenvalue weighted by atomic mass is 10.1. The summed E-state index contributed by atoms with van der Waals surface area (Å²) in [5.74, 6) is -0.884. The maximum Gasteiger partial charge on any atom is 0.348 e. The molecule has 1 N–H and O–H groups in total. The summed E-state index contributed by atoms with van der Waals surface area (Å²) in [6.45, 7) is 5.08. The van der Waals surface area contributed by atoms with Crippen molar-refractivity contribution in [1.82, 2.24) is 5.16 Å². The molecule has 0 aliphatic rings. The molecule has 10 heteroatoms. The van der Waals surface area contributed by atoms with E-state index in [9.17, 15) is 14.9 Å². The summed E-state index contributed by atoms with van der Waals surface area (Å²) >= 11 is 13.5. The van der Waals surface area contributed by atoms with Crippen molar-refractivity contribution in [3.05, 3.63) is 55.6 Å². The molecule has 2 aromatic heterocycles. The van der Waals surface area contributed by atoms with E-state index in [0.29, 0.717) is 21.2 Å². The van der Waals surface area contributed by atoms with Crippen molar-refractivity contribution in [2.75, 3.05) is 11.9 Å². The highest BCUT2D eigenvalue weighted by molar-refractivity contribution is 7.18. The number of hydrogen-bond acceptors (Lipinski definition) is 7. The Morgan fingerprint density at radius 3 is 2.57 bits per heavy atom. The van der Waals surface area contributed by atoms with Gasteiger partial charge in [0.25, 0.3) is 5.91 Å². The molecule has 3 rings (SSSR count). The van der Waals surface area contributed by atoms with Crippen LogP contribution in [0, 0.1) is 25.2 Å². The van der Waals surface area contributed by atoms with Gasteiger partial charge in [-0.15, -0.1) is 11.3 Å². The lowest BCUT2D eigenvalue weighted by Crippen LogP contribution is -2.13. The Kier molecular flexibility index (Phi) is 6.46. The van der Waals surface area contributed by atoms with E-state index < -0.39 is 11.9 Å². The second kappa shape index (κ2) is 8.88. The number of carbonyl (C=O) groups is 2. The van der Waals surface area contributed by atoms with Crippen LogP contribution in [0.3, 0.4) is 0 Å². The van der Waals surface area contributed by atoms with Crippen LogP contribution >= 0.6 is 34.5 Å². The van der Waals surface area contributed by atoms with Crippen LogP contribution in [0.5, 0.6) is 0 Å². The molecule has 0 saturated heterocycles. The van der Waals surface area contributed by atoms with Crippen molar-refractivity contribution in [3.8, 4) is 17.3 Å². The number of hydrogen-bond donors (Lipinski definition) is 1. The number of amides is 1. The Morgan fingerprint density at radius 2 is 1.97 bits per heavy atom. The van der Waals surface area contributed by atoms with Gasteiger partial charge in [0.05, 0.1) is 22.2 Å². The molecule has 0 radical (unpaired) electrons. The number of nitrogens with zero attached hydrogens (tertiary/aromatic N) is 2. The van der Waals surface area contributed by atoms with Crippen LogP contribution in [-0.2, 0) is 4.74 Å². The molecular formula is C20H15Cl2N3O4S. The summed E-state index contributed by atoms with van der Waals surface area (Å²) in [7, 11) is 0. The number of anilines is 1. The van der Waals surface area contributed by atoms with Crippen LogP contribution in [0.25, 0.3) is 11.3 Å². The number of aromatic nitrogens is 1. The van der Waals surface area contributed by atoms with Crippen LogP contribution in [0.1, 0.15) is 43.8 Å². The zero-order chi connectivity index (χ0) is 22.0. The van der Waals surface area contributed by atoms with E-state index in [-0.39, 0.29) is 39.1 Å². The number of benzene rings is 1. The van der Waals surface area contributed by atoms with Gasteiger partial charge in [-0.3, -0.25) is 4.79 Å². The predicted molar refractivity (Wildman–Crippen MR) is 114 cm³/mol. The molecule has 0 saturated carbocycles. The summed E-state index contributed by atoms with van der Waals surface area (Å²) in [6.07, 6.45) is 0. The molecule has 0 spiro atoms. The van der Waals surface area contributed by atoms with Crippen LogP contribution in [0.4, 0.5) is 5.00 Å². The first-order valence-corrected chi connectivity index (χ1v) is 10.3. The standard InChI is InChI=1S/C20H15Cl2N3O4S/c1-4-28-20(27)17-9(2)11(8-23)19(30-17)24-18(26)14-10(3)29-25-16(14)15-12(21)6-5-7-13(15)22/h5-7H,4H2,1-3H3,(H,24,26). The Balaban J connectivity index is 2.03. The van der Waals surface area contributed by atoms with Crippen LogP contribution in [0.2, 0.25) is 10.0 Å². The first-order chi connectivity index (χ1) is 14.3. The van der Waals surface area contributed by atoms with E-state index >= 15 is 0 Å². The highest BCUT2D eigenvalue weighted by Crippen LogP contribution is 2.38. The normalized spacial score (nSPS) is 10.5. The van der Waals surface area contributed by atoms with E-state index in [1.54, 1.807) is 39.0 Å². The van der Waals surface area contributed by atoms with Crippen LogP contribution in [-0.4, -0.2) is 23.6 Å². The van der Waals surface area contributed by atoms with E-state index in [0.717, 1.165) is 11.3 Å². The smallest absolute Gasteiger partial charge is 0.348 e. The number of nitrogens with one attached hydrogen (secondary N) is 1. The molecule has 3 aromatic rings. The van der Waals surface area contributed by atoms with E-state index in [1.165, 1.54) is 0 Å². The lowest BCUT2D eigenvalue weighted by molar-refractivity contribution is 0.0531. The fraction of sp³-hybridized carbons (Fsp3) is 0.200. The number of rotatable bonds is 5. The van der Waals surface area contributed by atoms with Crippen molar-refractivity contribution in [3.63, 3.8) is 0 Å². The Hall–Kier alpha value is -2.86. The van der Waals surface area contributed by atoms with Gasteiger partial charge in [0.15, 0.2) is 0 Å². The molecule has 0 aliphatic heterocycles. The molecule has 0 aliphatic carbocycles. The summed E-state index contributed by atoms with van der Waals surface area (Å²) < 4.78 is 10.2. The number of ether oxygens (including phenoxy) is 1. The van der Waals surface area contributed by atoms with Crippen molar-refractivity contribution in [2.45, 2.75) is 20.8 Å². The third kappa shape index (κ3) is 3.92. The third-order valence-electron chi connectivity index (χ3n) is 4.24. The van der Waals surface area contributed by atoms with Crippen LogP contribution < -0.4 is 5.32 Å². The zero-order valence-electron chi connectivity index (χ0n) is 16.1. The van der Waals surface area contributed by atoms with Gasteiger partial charge in [-0.25, -0.2) is 4.79 Å². The van der Waals surface area contributed by atoms with E-state index in [2.05, 4.69) is 10.5 Å². The molecule has 7 nitrogen and oxygen atoms in total. The predicted octanol–water partition coefficient (Wildman–Crippen LogP) is 5.63. The molecule has 0 bridgehead atoms. The number of esters is 1. The highest BCUT2D eigenvalue weighted by Gasteiger charge is 2.27. The second-order valence-electron chi connectivity index (χ2n) is 6.11. The highest BCUT2D eigenvalue weighted by atomic mass is 35.5. The fourth-order valence-corrected chi connectivity index (χ4v) is 4.45. The molecule has 30 heavy (non-hydrogen) atoms. The SMILES string of the molecule is CCOC(=O)c1sc(NC(=O)c2c(-c3c(Cl)cccc3Cl)noc2C)c(C#N)c1C. The van der Waals surface area contributed by atoms with Gasteiger partial charge < -0.3 is 14.6 Å². The number of aryl methyl sites for hydroxylation is 1. The Bertz CT molecular complexity index is 1170. The minimum Gasteiger partial charge on any atom is -0.462 e. The average molecular weight is 464 g/mol. The number of halogens is 2. The molecule has 0 fully saturated rings. The summed E-state index contributed by atoms with van der Waals surface area (Å²) in [4.78, 5) is 25.5. The van der Waals surface area contributed by atoms with Gasteiger partial charge in [0, 0.05) is 5.56 Å². The van der Waals surface area contributed by atoms with Crippen LogP contribution in [0.15, 0.2) is 22.7 Å². The van der Waals surface area contributed by atoms with Crippen molar-refractivity contribution >= 4 is 51.4 Å². The average Bonchev–Trinajstić information content (AvgIpc) is 3.21. The minimum absolute atomic E-state index is 0.123. The van der Waals surface area contributed by atoms with Crippen molar-refractivity contribution in [1.29, 1.82) is 5.26 Å². The summed E-state index contributed by atoms with van der Waals surface area (Å²) in [5, 5.41) is 17.0. The monoisotopic (exact) mass is 463 g/mol. The fourth-order valence-electron chi connectivity index (χ4n) is 2.83. The van der Waals surface area contributed by atoms with Gasteiger partial charge in [0.1, 0.15) is 33.0 Å². The molecular weight excluding hydrogens is 449 g/mol. The number of thiophene rings is 1. The maximum absolute atomic E-state index is 13.1. The zero-order valence-corrected chi connectivity index (χ0v) is 18.5. The van der Waals surface area contributed by atoms with Crippen molar-refractivity contribution in [2.24, 2.45) is 0 Å². The first-order valence-electron chi connectivity index (χ1n) is 8.72. The number of carbonyl (C=O) groups excluding carboxylic acids is 2. The third-order valence-corrected chi connectivity index (χ3v) is 6.05. The van der Waals surface area contributed by atoms with E-state index in [1.807, 2.05) is 6.07 Å². The number of nitriles is 1. The van der Waals surface area contributed by atoms with Gasteiger partial charge >= 0.3 is 5.97 Å². The van der Waals surface area contributed by atoms with Gasteiger partial charge in [-0.05, 0) is 38.5 Å². The molecule has 154 valence electrons. The lowest BCUT2D eigenvalue weighted by Gasteiger charge is -2.07. The quantitative estimate of drug-likeness (QED) is 0.491. The Labute approximate surface area is 186 Å².